The van der Waals surface area contributed by atoms with Gasteiger partial charge >= 0.3 is 0 Å². The van der Waals surface area contributed by atoms with E-state index in [2.05, 4.69) is 15.2 Å². The van der Waals surface area contributed by atoms with Gasteiger partial charge in [0.05, 0.1) is 5.75 Å². The molecule has 0 aliphatic carbocycles. The Morgan fingerprint density at radius 2 is 2.00 bits per heavy atom. The molecule has 1 saturated heterocycles. The Labute approximate surface area is 143 Å². The number of piperidine rings is 1. The van der Waals surface area contributed by atoms with Gasteiger partial charge in [0, 0.05) is 30.4 Å². The third kappa shape index (κ3) is 3.35. The van der Waals surface area contributed by atoms with Crippen molar-refractivity contribution in [3.05, 3.63) is 17.5 Å². The summed E-state index contributed by atoms with van der Waals surface area (Å²) in [6.07, 6.45) is 1.28. The molecule has 0 radical (unpaired) electrons. The molecule has 3 rings (SSSR count). The summed E-state index contributed by atoms with van der Waals surface area (Å²) < 4.78 is 1.85. The van der Waals surface area contributed by atoms with Crippen molar-refractivity contribution in [1.29, 1.82) is 0 Å². The highest BCUT2D eigenvalue weighted by molar-refractivity contribution is 7.99. The molecule has 1 fully saturated rings. The lowest BCUT2D eigenvalue weighted by molar-refractivity contribution is -0.132. The SMILES string of the molecule is Cc1cc(C)n2c(SCC(=O)N3CCC(C(N)=O)CC3)nnc2n1. The average molecular weight is 348 g/mol. The number of hydrogen-bond acceptors (Lipinski definition) is 6. The molecule has 0 unspecified atom stereocenters. The number of thioether (sulfide) groups is 1. The van der Waals surface area contributed by atoms with Crippen LogP contribution in [0.2, 0.25) is 0 Å². The fourth-order valence-electron chi connectivity index (χ4n) is 2.92. The Balaban J connectivity index is 1.62. The van der Waals surface area contributed by atoms with Crippen LogP contribution < -0.4 is 5.73 Å². The number of hydrogen-bond donors (Lipinski definition) is 1. The molecular formula is C15H20N6O2S. The summed E-state index contributed by atoms with van der Waals surface area (Å²) >= 11 is 1.35. The Kier molecular flexibility index (Phi) is 4.70. The van der Waals surface area contributed by atoms with Gasteiger partial charge in [-0.25, -0.2) is 4.98 Å². The number of carbonyl (C=O) groups excluding carboxylic acids is 2. The van der Waals surface area contributed by atoms with Crippen LogP contribution in [0.5, 0.6) is 0 Å². The summed E-state index contributed by atoms with van der Waals surface area (Å²) in [5.41, 5.74) is 7.19. The maximum Gasteiger partial charge on any atom is 0.256 e. The first-order chi connectivity index (χ1) is 11.5. The van der Waals surface area contributed by atoms with Crippen LogP contribution in [-0.2, 0) is 9.59 Å². The molecule has 2 N–H and O–H groups in total. The van der Waals surface area contributed by atoms with E-state index in [0.717, 1.165) is 11.4 Å². The van der Waals surface area contributed by atoms with E-state index in [1.807, 2.05) is 24.3 Å². The van der Waals surface area contributed by atoms with Gasteiger partial charge in [0.1, 0.15) is 0 Å². The summed E-state index contributed by atoms with van der Waals surface area (Å²) in [6, 6.07) is 1.96. The molecule has 3 heterocycles. The first-order valence-corrected chi connectivity index (χ1v) is 8.83. The lowest BCUT2D eigenvalue weighted by atomic mass is 9.96. The molecule has 8 nitrogen and oxygen atoms in total. The van der Waals surface area contributed by atoms with Gasteiger partial charge in [-0.1, -0.05) is 11.8 Å². The Hall–Kier alpha value is -2.16. The highest BCUT2D eigenvalue weighted by Crippen LogP contribution is 2.21. The van der Waals surface area contributed by atoms with Crippen molar-refractivity contribution in [1.82, 2.24) is 24.5 Å². The maximum absolute atomic E-state index is 12.4. The quantitative estimate of drug-likeness (QED) is 0.809. The van der Waals surface area contributed by atoms with Crippen molar-refractivity contribution in [3.63, 3.8) is 0 Å². The molecule has 0 atom stereocenters. The Morgan fingerprint density at radius 3 is 2.67 bits per heavy atom. The number of aromatic nitrogens is 4. The summed E-state index contributed by atoms with van der Waals surface area (Å²) in [5, 5.41) is 8.86. The normalized spacial score (nSPS) is 15.8. The minimum atomic E-state index is -0.273. The number of nitrogens with two attached hydrogens (primary N) is 1. The van der Waals surface area contributed by atoms with Gasteiger partial charge in [0.15, 0.2) is 5.16 Å². The maximum atomic E-state index is 12.4. The summed E-state index contributed by atoms with van der Waals surface area (Å²) in [6.45, 7) is 5.03. The highest BCUT2D eigenvalue weighted by atomic mass is 32.2. The summed E-state index contributed by atoms with van der Waals surface area (Å²) in [7, 11) is 0. The van der Waals surface area contributed by atoms with Crippen LogP contribution in [0.25, 0.3) is 5.78 Å². The molecule has 1 aliphatic heterocycles. The second-order valence-electron chi connectivity index (χ2n) is 6.00. The number of fused-ring (bicyclic) bond motifs is 1. The van der Waals surface area contributed by atoms with Crippen molar-refractivity contribution in [2.75, 3.05) is 18.8 Å². The highest BCUT2D eigenvalue weighted by Gasteiger charge is 2.26. The van der Waals surface area contributed by atoms with Gasteiger partial charge in [-0.3, -0.25) is 14.0 Å². The van der Waals surface area contributed by atoms with Crippen molar-refractivity contribution >= 4 is 29.4 Å². The largest absolute Gasteiger partial charge is 0.369 e. The number of rotatable bonds is 4. The van der Waals surface area contributed by atoms with E-state index in [1.165, 1.54) is 11.8 Å². The van der Waals surface area contributed by atoms with Crippen LogP contribution in [-0.4, -0.2) is 55.1 Å². The van der Waals surface area contributed by atoms with Gasteiger partial charge in [-0.05, 0) is 32.8 Å². The van der Waals surface area contributed by atoms with Crippen LogP contribution in [0.1, 0.15) is 24.2 Å². The molecule has 0 aromatic carbocycles. The van der Waals surface area contributed by atoms with Crippen LogP contribution in [0.4, 0.5) is 0 Å². The monoisotopic (exact) mass is 348 g/mol. The summed E-state index contributed by atoms with van der Waals surface area (Å²) in [4.78, 5) is 29.7. The number of nitrogens with zero attached hydrogens (tertiary/aromatic N) is 5. The average Bonchev–Trinajstić information content (AvgIpc) is 2.95. The zero-order valence-electron chi connectivity index (χ0n) is 13.7. The van der Waals surface area contributed by atoms with Crippen LogP contribution in [0.15, 0.2) is 11.2 Å². The minimum absolute atomic E-state index is 0.0393. The van der Waals surface area contributed by atoms with Gasteiger partial charge < -0.3 is 10.6 Å². The van der Waals surface area contributed by atoms with Crippen LogP contribution in [0.3, 0.4) is 0 Å². The molecule has 0 spiro atoms. The minimum Gasteiger partial charge on any atom is -0.369 e. The van der Waals surface area contributed by atoms with E-state index in [1.54, 1.807) is 4.90 Å². The number of aryl methyl sites for hydroxylation is 2. The standard InChI is InChI=1S/C15H20N6O2S/c1-9-7-10(2)21-14(17-9)18-19-15(21)24-8-12(22)20-5-3-11(4-6-20)13(16)23/h7,11H,3-6,8H2,1-2H3,(H2,16,23). The molecular weight excluding hydrogens is 328 g/mol. The zero-order chi connectivity index (χ0) is 17.3. The molecule has 2 aromatic rings. The molecule has 0 bridgehead atoms. The lowest BCUT2D eigenvalue weighted by Gasteiger charge is -2.30. The smallest absolute Gasteiger partial charge is 0.256 e. The number of primary amides is 1. The predicted octanol–water partition coefficient (Wildman–Crippen LogP) is 0.557. The second-order valence-corrected chi connectivity index (χ2v) is 6.95. The molecule has 2 aromatic heterocycles. The first kappa shape index (κ1) is 16.7. The fraction of sp³-hybridized carbons (Fsp3) is 0.533. The number of likely N-dealkylation sites (tertiary alicyclic amines) is 1. The van der Waals surface area contributed by atoms with Crippen LogP contribution in [0, 0.1) is 19.8 Å². The molecule has 0 saturated carbocycles. The van der Waals surface area contributed by atoms with E-state index in [9.17, 15) is 9.59 Å². The predicted molar refractivity (Wildman–Crippen MR) is 89.5 cm³/mol. The molecule has 2 amide bonds. The second kappa shape index (κ2) is 6.76. The van der Waals surface area contributed by atoms with Crippen molar-refractivity contribution < 1.29 is 9.59 Å². The number of amides is 2. The summed E-state index contributed by atoms with van der Waals surface area (Å²) in [5.74, 6) is 0.487. The van der Waals surface area contributed by atoms with Crippen molar-refractivity contribution in [2.24, 2.45) is 11.7 Å². The van der Waals surface area contributed by atoms with E-state index in [4.69, 9.17) is 5.73 Å². The van der Waals surface area contributed by atoms with Crippen LogP contribution >= 0.6 is 11.8 Å². The Bertz CT molecular complexity index is 782. The van der Waals surface area contributed by atoms with E-state index < -0.39 is 0 Å². The zero-order valence-corrected chi connectivity index (χ0v) is 14.5. The van der Waals surface area contributed by atoms with E-state index >= 15 is 0 Å². The van der Waals surface area contributed by atoms with Gasteiger partial charge in [0.25, 0.3) is 5.78 Å². The Morgan fingerprint density at radius 1 is 1.29 bits per heavy atom. The fourth-order valence-corrected chi connectivity index (χ4v) is 3.81. The van der Waals surface area contributed by atoms with Crippen molar-refractivity contribution in [2.45, 2.75) is 31.8 Å². The third-order valence-corrected chi connectivity index (χ3v) is 5.15. The molecule has 9 heteroatoms. The van der Waals surface area contributed by atoms with Crippen molar-refractivity contribution in [3.8, 4) is 0 Å². The first-order valence-electron chi connectivity index (χ1n) is 7.85. The van der Waals surface area contributed by atoms with E-state index in [0.29, 0.717) is 36.9 Å². The van der Waals surface area contributed by atoms with E-state index in [-0.39, 0.29) is 23.5 Å². The lowest BCUT2D eigenvalue weighted by Crippen LogP contribution is -2.42. The van der Waals surface area contributed by atoms with Gasteiger partial charge in [-0.15, -0.1) is 10.2 Å². The number of carbonyl (C=O) groups is 2. The topological polar surface area (TPSA) is 106 Å². The molecule has 1 aliphatic rings. The third-order valence-electron chi connectivity index (χ3n) is 4.24. The van der Waals surface area contributed by atoms with Gasteiger partial charge in [0.2, 0.25) is 11.8 Å². The van der Waals surface area contributed by atoms with Gasteiger partial charge in [-0.2, -0.15) is 0 Å². The molecule has 128 valence electrons. The molecule has 24 heavy (non-hydrogen) atoms.